The maximum absolute atomic E-state index is 9.03. The maximum Gasteiger partial charge on any atom is 0.0645 e. The van der Waals surface area contributed by atoms with Gasteiger partial charge in [-0.05, 0) is 119 Å². The van der Waals surface area contributed by atoms with E-state index in [1.165, 1.54) is 10.8 Å². The first-order chi connectivity index (χ1) is 30.4. The minimum Gasteiger partial charge on any atom is -0.309 e. The Labute approximate surface area is 336 Å². The van der Waals surface area contributed by atoms with Crippen LogP contribution in [0.3, 0.4) is 0 Å². The van der Waals surface area contributed by atoms with Gasteiger partial charge in [0.1, 0.15) is 0 Å². The molecule has 0 amide bonds. The third-order valence-electron chi connectivity index (χ3n) is 11.5. The lowest BCUT2D eigenvalue weighted by atomic mass is 9.98. The lowest BCUT2D eigenvalue weighted by Gasteiger charge is -2.09. The van der Waals surface area contributed by atoms with Crippen LogP contribution in [0, 0.1) is 0 Å². The smallest absolute Gasteiger partial charge is 0.0645 e. The van der Waals surface area contributed by atoms with E-state index < -0.39 is 6.04 Å². The molecule has 0 aliphatic carbocycles. The van der Waals surface area contributed by atoms with Gasteiger partial charge >= 0.3 is 0 Å². The van der Waals surface area contributed by atoms with Gasteiger partial charge < -0.3 is 13.7 Å². The summed E-state index contributed by atoms with van der Waals surface area (Å²) in [6, 6.07) is 62.0. The molecular weight excluding hydrogens is 691 g/mol. The second-order valence-electron chi connectivity index (χ2n) is 14.6. The third kappa shape index (κ3) is 4.86. The Hall–Kier alpha value is -7.62. The van der Waals surface area contributed by atoms with E-state index in [1.54, 1.807) is 0 Å². The fourth-order valence-electron chi connectivity index (χ4n) is 8.99. The Kier molecular flexibility index (Phi) is 5.91. The molecule has 0 fully saturated rings. The highest BCUT2D eigenvalue weighted by atomic mass is 15.0. The van der Waals surface area contributed by atoms with Crippen molar-refractivity contribution >= 4 is 65.4 Å². The number of rotatable bonds is 5. The van der Waals surface area contributed by atoms with Crippen LogP contribution in [-0.2, 0) is 0 Å². The SMILES string of the molecule is [2H]c1c([2H])c([2H])c(-n2c3ccc(-c4ccc5c(c4)c4ccccc4n5-c4ccccc4)cc3c3cc(-c4ccc5c(c4)c4ccccc4n5-c4ccccc4)ccc32)c([2H])c1[2H]. The predicted octanol–water partition coefficient (Wildman–Crippen LogP) is 14.3. The first-order valence-electron chi connectivity index (χ1n) is 21.7. The molecule has 0 radical (unpaired) electrons. The van der Waals surface area contributed by atoms with Crippen molar-refractivity contribution in [2.75, 3.05) is 0 Å². The van der Waals surface area contributed by atoms with Gasteiger partial charge in [-0.2, -0.15) is 0 Å². The van der Waals surface area contributed by atoms with Gasteiger partial charge in [0.2, 0.25) is 0 Å². The van der Waals surface area contributed by atoms with Gasteiger partial charge in [-0.15, -0.1) is 0 Å². The number of benzene rings is 9. The first-order valence-corrected chi connectivity index (χ1v) is 19.2. The predicted molar refractivity (Wildman–Crippen MR) is 240 cm³/mol. The Balaban J connectivity index is 1.09. The highest BCUT2D eigenvalue weighted by molar-refractivity contribution is 6.14. The van der Waals surface area contributed by atoms with Gasteiger partial charge in [0.05, 0.1) is 40.0 Å². The van der Waals surface area contributed by atoms with Crippen LogP contribution in [0.4, 0.5) is 0 Å². The van der Waals surface area contributed by atoms with E-state index in [1.807, 2.05) is 28.8 Å². The minimum atomic E-state index is -0.415. The van der Waals surface area contributed by atoms with Crippen molar-refractivity contribution < 1.29 is 6.85 Å². The monoisotopic (exact) mass is 730 g/mol. The van der Waals surface area contributed by atoms with Gasteiger partial charge in [0.15, 0.2) is 0 Å². The molecule has 3 nitrogen and oxygen atoms in total. The third-order valence-corrected chi connectivity index (χ3v) is 11.5. The van der Waals surface area contributed by atoms with Crippen LogP contribution in [0.2, 0.25) is 0 Å². The zero-order chi connectivity index (χ0) is 41.8. The quantitative estimate of drug-likeness (QED) is 0.167. The molecular formula is C54H35N3. The largest absolute Gasteiger partial charge is 0.309 e. The van der Waals surface area contributed by atoms with Crippen LogP contribution in [0.15, 0.2) is 212 Å². The van der Waals surface area contributed by atoms with E-state index in [0.717, 1.165) is 88.3 Å². The van der Waals surface area contributed by atoms with Gasteiger partial charge in [0.25, 0.3) is 0 Å². The lowest BCUT2D eigenvalue weighted by Crippen LogP contribution is -1.93. The lowest BCUT2D eigenvalue weighted by molar-refractivity contribution is 1.18. The summed E-state index contributed by atoms with van der Waals surface area (Å²) in [5.74, 6) is 0. The number of hydrogen-bond acceptors (Lipinski definition) is 0. The molecule has 0 saturated carbocycles. The zero-order valence-corrected chi connectivity index (χ0v) is 30.7. The summed E-state index contributed by atoms with van der Waals surface area (Å²) in [5, 5.41) is 6.46. The number of nitrogens with zero attached hydrogens (tertiary/aromatic N) is 3. The summed E-state index contributed by atoms with van der Waals surface area (Å²) in [6.45, 7) is 0. The second kappa shape index (κ2) is 12.5. The normalized spacial score (nSPS) is 13.1. The van der Waals surface area contributed by atoms with E-state index in [9.17, 15) is 0 Å². The van der Waals surface area contributed by atoms with Crippen molar-refractivity contribution in [1.82, 2.24) is 13.7 Å². The summed E-state index contributed by atoms with van der Waals surface area (Å²) in [5.41, 5.74) is 12.5. The molecule has 12 rings (SSSR count). The van der Waals surface area contributed by atoms with E-state index in [-0.39, 0.29) is 29.9 Å². The van der Waals surface area contributed by atoms with Gasteiger partial charge in [-0.3, -0.25) is 0 Å². The fraction of sp³-hybridized carbons (Fsp3) is 0. The summed E-state index contributed by atoms with van der Waals surface area (Å²) >= 11 is 0. The molecule has 0 N–H and O–H groups in total. The van der Waals surface area contributed by atoms with Gasteiger partial charge in [0, 0.05) is 49.4 Å². The van der Waals surface area contributed by atoms with Crippen LogP contribution in [-0.4, -0.2) is 13.7 Å². The minimum absolute atomic E-state index is 0.127. The Morgan fingerprint density at radius 3 is 0.982 bits per heavy atom. The maximum atomic E-state index is 9.03. The van der Waals surface area contributed by atoms with E-state index in [2.05, 4.69) is 167 Å². The van der Waals surface area contributed by atoms with Crippen LogP contribution in [0.1, 0.15) is 6.85 Å². The molecule has 57 heavy (non-hydrogen) atoms. The second-order valence-corrected chi connectivity index (χ2v) is 14.6. The Morgan fingerprint density at radius 2 is 0.579 bits per heavy atom. The van der Waals surface area contributed by atoms with Crippen molar-refractivity contribution in [1.29, 1.82) is 0 Å². The molecule has 0 bridgehead atoms. The fourth-order valence-corrected chi connectivity index (χ4v) is 8.99. The Bertz CT molecular complexity index is 3560. The van der Waals surface area contributed by atoms with Crippen molar-refractivity contribution in [2.24, 2.45) is 0 Å². The molecule has 0 unspecified atom stereocenters. The number of hydrogen-bond donors (Lipinski definition) is 0. The average molecular weight is 731 g/mol. The van der Waals surface area contributed by atoms with Crippen LogP contribution < -0.4 is 0 Å². The van der Waals surface area contributed by atoms with Crippen molar-refractivity contribution in [3.05, 3.63) is 212 Å². The molecule has 0 atom stereocenters. The molecule has 266 valence electrons. The molecule has 9 aromatic carbocycles. The van der Waals surface area contributed by atoms with E-state index in [4.69, 9.17) is 6.85 Å². The Morgan fingerprint density at radius 1 is 0.263 bits per heavy atom. The summed E-state index contributed by atoms with van der Waals surface area (Å²) < 4.78 is 50.0. The van der Waals surface area contributed by atoms with Crippen molar-refractivity contribution in [2.45, 2.75) is 0 Å². The van der Waals surface area contributed by atoms with Crippen LogP contribution in [0.25, 0.3) is 105 Å². The molecule has 12 aromatic rings. The standard InChI is InChI=1S/C54H35N3/c1-4-14-40(15-5-1)55-49-22-12-10-20-43(49)45-32-36(24-28-51(45)55)38-26-30-53-47(34-38)48-35-39(27-31-54(48)57(53)42-18-8-3-9-19-42)37-25-29-52-46(33-37)44-21-11-13-23-50(44)56(52)41-16-6-2-7-17-41/h1-35H/i3D,8D,9D,18D,19D. The van der Waals surface area contributed by atoms with E-state index >= 15 is 0 Å². The highest BCUT2D eigenvalue weighted by Crippen LogP contribution is 2.41. The zero-order valence-electron chi connectivity index (χ0n) is 35.7. The molecule has 0 aliphatic heterocycles. The first kappa shape index (κ1) is 27.0. The topological polar surface area (TPSA) is 14.8 Å². The molecule has 3 aromatic heterocycles. The number of fused-ring (bicyclic) bond motifs is 9. The van der Waals surface area contributed by atoms with Crippen LogP contribution in [0.5, 0.6) is 0 Å². The van der Waals surface area contributed by atoms with Crippen LogP contribution >= 0.6 is 0 Å². The number of aromatic nitrogens is 3. The van der Waals surface area contributed by atoms with E-state index in [0.29, 0.717) is 0 Å². The van der Waals surface area contributed by atoms with Gasteiger partial charge in [-0.25, -0.2) is 0 Å². The molecule has 3 heteroatoms. The highest BCUT2D eigenvalue weighted by Gasteiger charge is 2.18. The molecule has 0 spiro atoms. The van der Waals surface area contributed by atoms with Gasteiger partial charge in [-0.1, -0.05) is 115 Å². The van der Waals surface area contributed by atoms with Crippen molar-refractivity contribution in [3.63, 3.8) is 0 Å². The summed E-state index contributed by atoms with van der Waals surface area (Å²) in [7, 11) is 0. The summed E-state index contributed by atoms with van der Waals surface area (Å²) in [4.78, 5) is 0. The average Bonchev–Trinajstić information content (AvgIpc) is 3.95. The summed E-state index contributed by atoms with van der Waals surface area (Å²) in [6.07, 6.45) is 0. The van der Waals surface area contributed by atoms with Crippen molar-refractivity contribution in [3.8, 4) is 39.3 Å². The molecule has 0 saturated heterocycles. The molecule has 3 heterocycles. The molecule has 0 aliphatic rings. The number of para-hydroxylation sites is 5.